The van der Waals surface area contributed by atoms with Gasteiger partial charge >= 0.3 is 0 Å². The van der Waals surface area contributed by atoms with Crippen LogP contribution in [0.2, 0.25) is 0 Å². The van der Waals surface area contributed by atoms with Crippen LogP contribution in [0.4, 0.5) is 0 Å². The minimum absolute atomic E-state index is 0.430. The summed E-state index contributed by atoms with van der Waals surface area (Å²) in [6.45, 7) is 0.915. The molecule has 1 aliphatic heterocycles. The molecule has 2 rings (SSSR count). The van der Waals surface area contributed by atoms with Gasteiger partial charge in [0.15, 0.2) is 5.17 Å². The number of amidine groups is 1. The lowest BCUT2D eigenvalue weighted by molar-refractivity contribution is 0.749. The summed E-state index contributed by atoms with van der Waals surface area (Å²) < 4.78 is 0. The van der Waals surface area contributed by atoms with Crippen LogP contribution in [0.15, 0.2) is 35.3 Å². The Hall–Kier alpha value is -0.610. The van der Waals surface area contributed by atoms with Crippen LogP contribution in [0.25, 0.3) is 0 Å². The Labute approximate surface area is 105 Å². The third-order valence-corrected chi connectivity index (χ3v) is 4.05. The maximum atomic E-state index is 4.54. The summed E-state index contributed by atoms with van der Waals surface area (Å²) in [5, 5.41) is 4.57. The number of rotatable bonds is 4. The van der Waals surface area contributed by atoms with Gasteiger partial charge < -0.3 is 5.32 Å². The predicted molar refractivity (Wildman–Crippen MR) is 75.5 cm³/mol. The molecule has 1 aromatic rings. The van der Waals surface area contributed by atoms with E-state index in [4.69, 9.17) is 0 Å². The minimum atomic E-state index is 0.430. The molecule has 0 aromatic heterocycles. The highest BCUT2D eigenvalue weighted by atomic mass is 32.2. The zero-order chi connectivity index (χ0) is 11.2. The van der Waals surface area contributed by atoms with Gasteiger partial charge in [-0.2, -0.15) is 11.8 Å². The SMILES string of the molecule is CSCCN=C1NC(c2ccccc2)CS1. The average molecular weight is 252 g/mol. The molecular weight excluding hydrogens is 236 g/mol. The Balaban J connectivity index is 1.91. The van der Waals surface area contributed by atoms with Gasteiger partial charge in [0.1, 0.15) is 0 Å². The smallest absolute Gasteiger partial charge is 0.157 e. The van der Waals surface area contributed by atoms with Crippen LogP contribution in [0.5, 0.6) is 0 Å². The summed E-state index contributed by atoms with van der Waals surface area (Å²) in [5.41, 5.74) is 1.35. The van der Waals surface area contributed by atoms with Crippen molar-refractivity contribution in [3.8, 4) is 0 Å². The second-order valence-electron chi connectivity index (χ2n) is 3.60. The molecule has 1 atom stereocenters. The maximum absolute atomic E-state index is 4.54. The molecule has 86 valence electrons. The Kier molecular flexibility index (Phi) is 4.60. The van der Waals surface area contributed by atoms with Gasteiger partial charge in [-0.05, 0) is 11.8 Å². The standard InChI is InChI=1S/C12H16N2S2/c1-15-8-7-13-12-14-11(9-16-12)10-5-3-2-4-6-10/h2-6,11H,7-9H2,1H3,(H,13,14). The van der Waals surface area contributed by atoms with E-state index in [1.165, 1.54) is 5.56 Å². The molecule has 0 spiro atoms. The summed E-state index contributed by atoms with van der Waals surface area (Å²) in [6.07, 6.45) is 2.11. The lowest BCUT2D eigenvalue weighted by Gasteiger charge is -2.09. The lowest BCUT2D eigenvalue weighted by Crippen LogP contribution is -2.19. The van der Waals surface area contributed by atoms with Gasteiger partial charge in [-0.3, -0.25) is 4.99 Å². The molecule has 1 fully saturated rings. The van der Waals surface area contributed by atoms with Crippen molar-refractivity contribution in [2.45, 2.75) is 6.04 Å². The fraction of sp³-hybridized carbons (Fsp3) is 0.417. The molecule has 1 aliphatic rings. The molecule has 0 saturated carbocycles. The number of hydrogen-bond acceptors (Lipinski definition) is 3. The quantitative estimate of drug-likeness (QED) is 0.834. The number of hydrogen-bond donors (Lipinski definition) is 1. The topological polar surface area (TPSA) is 24.4 Å². The second-order valence-corrected chi connectivity index (χ2v) is 5.59. The van der Waals surface area contributed by atoms with E-state index < -0.39 is 0 Å². The molecule has 1 aromatic carbocycles. The van der Waals surface area contributed by atoms with Gasteiger partial charge in [0.2, 0.25) is 0 Å². The fourth-order valence-electron chi connectivity index (χ4n) is 1.59. The van der Waals surface area contributed by atoms with Gasteiger partial charge in [0, 0.05) is 11.5 Å². The van der Waals surface area contributed by atoms with Crippen molar-refractivity contribution in [2.75, 3.05) is 24.3 Å². The second kappa shape index (κ2) is 6.21. The highest BCUT2D eigenvalue weighted by Crippen LogP contribution is 2.25. The van der Waals surface area contributed by atoms with Gasteiger partial charge in [-0.15, -0.1) is 0 Å². The van der Waals surface area contributed by atoms with Gasteiger partial charge in [0.25, 0.3) is 0 Å². The van der Waals surface area contributed by atoms with Crippen LogP contribution in [-0.2, 0) is 0 Å². The van der Waals surface area contributed by atoms with Crippen molar-refractivity contribution in [3.63, 3.8) is 0 Å². The molecule has 1 N–H and O–H groups in total. The van der Waals surface area contributed by atoms with Crippen LogP contribution in [0.3, 0.4) is 0 Å². The first-order valence-electron chi connectivity index (χ1n) is 5.38. The molecule has 0 aliphatic carbocycles. The van der Waals surface area contributed by atoms with Crippen LogP contribution in [-0.4, -0.2) is 29.5 Å². The zero-order valence-corrected chi connectivity index (χ0v) is 11.0. The molecule has 0 amide bonds. The Bertz CT molecular complexity index is 351. The van der Waals surface area contributed by atoms with Gasteiger partial charge in [-0.25, -0.2) is 0 Å². The molecule has 1 heterocycles. The highest BCUT2D eigenvalue weighted by Gasteiger charge is 2.20. The van der Waals surface area contributed by atoms with Crippen molar-refractivity contribution in [3.05, 3.63) is 35.9 Å². The van der Waals surface area contributed by atoms with E-state index >= 15 is 0 Å². The molecule has 4 heteroatoms. The first-order chi connectivity index (χ1) is 7.90. The van der Waals surface area contributed by atoms with Crippen molar-refractivity contribution in [1.82, 2.24) is 5.32 Å². The van der Waals surface area contributed by atoms with Gasteiger partial charge in [0.05, 0.1) is 12.6 Å². The predicted octanol–water partition coefficient (Wildman–Crippen LogP) is 2.78. The van der Waals surface area contributed by atoms with Crippen molar-refractivity contribution >= 4 is 28.7 Å². The van der Waals surface area contributed by atoms with E-state index in [1.54, 1.807) is 0 Å². The summed E-state index contributed by atoms with van der Waals surface area (Å²) in [7, 11) is 0. The number of benzene rings is 1. The molecular formula is C12H16N2S2. The van der Waals surface area contributed by atoms with E-state index in [0.29, 0.717) is 6.04 Å². The van der Waals surface area contributed by atoms with Crippen molar-refractivity contribution in [1.29, 1.82) is 0 Å². The molecule has 2 nitrogen and oxygen atoms in total. The largest absolute Gasteiger partial charge is 0.357 e. The lowest BCUT2D eigenvalue weighted by atomic mass is 10.1. The molecule has 1 saturated heterocycles. The first-order valence-corrected chi connectivity index (χ1v) is 7.76. The number of nitrogens with zero attached hydrogens (tertiary/aromatic N) is 1. The Morgan fingerprint density at radius 2 is 2.25 bits per heavy atom. The van der Waals surface area contributed by atoms with Crippen LogP contribution in [0, 0.1) is 0 Å². The Morgan fingerprint density at radius 3 is 3.00 bits per heavy atom. The van der Waals surface area contributed by atoms with E-state index in [2.05, 4.69) is 46.9 Å². The average Bonchev–Trinajstić information content (AvgIpc) is 2.79. The minimum Gasteiger partial charge on any atom is -0.357 e. The number of nitrogens with one attached hydrogen (secondary N) is 1. The van der Waals surface area contributed by atoms with Crippen molar-refractivity contribution < 1.29 is 0 Å². The van der Waals surface area contributed by atoms with Crippen LogP contribution in [0.1, 0.15) is 11.6 Å². The van der Waals surface area contributed by atoms with E-state index in [0.717, 1.165) is 23.2 Å². The normalized spacial score (nSPS) is 22.3. The summed E-state index contributed by atoms with van der Waals surface area (Å²) in [5.74, 6) is 2.18. The highest BCUT2D eigenvalue weighted by molar-refractivity contribution is 8.14. The van der Waals surface area contributed by atoms with Crippen LogP contribution >= 0.6 is 23.5 Å². The van der Waals surface area contributed by atoms with E-state index in [-0.39, 0.29) is 0 Å². The van der Waals surface area contributed by atoms with E-state index in [1.807, 2.05) is 23.5 Å². The summed E-state index contributed by atoms with van der Waals surface area (Å²) in [4.78, 5) is 4.54. The Morgan fingerprint density at radius 1 is 1.44 bits per heavy atom. The van der Waals surface area contributed by atoms with E-state index in [9.17, 15) is 0 Å². The van der Waals surface area contributed by atoms with Crippen molar-refractivity contribution in [2.24, 2.45) is 4.99 Å². The fourth-order valence-corrected chi connectivity index (χ4v) is 2.87. The number of aliphatic imine (C=N–C) groups is 1. The third kappa shape index (κ3) is 3.19. The summed E-state index contributed by atoms with van der Waals surface area (Å²) >= 11 is 3.66. The first kappa shape index (κ1) is 11.9. The third-order valence-electron chi connectivity index (χ3n) is 2.44. The molecule has 0 bridgehead atoms. The van der Waals surface area contributed by atoms with Crippen LogP contribution < -0.4 is 5.32 Å². The summed E-state index contributed by atoms with van der Waals surface area (Å²) in [6, 6.07) is 11.0. The van der Waals surface area contributed by atoms with Gasteiger partial charge in [-0.1, -0.05) is 42.1 Å². The molecule has 16 heavy (non-hydrogen) atoms. The molecule has 0 radical (unpaired) electrons. The zero-order valence-electron chi connectivity index (χ0n) is 9.35. The molecule has 1 unspecified atom stereocenters. The maximum Gasteiger partial charge on any atom is 0.157 e. The monoisotopic (exact) mass is 252 g/mol. The number of thioether (sulfide) groups is 2.